The maximum Gasteiger partial charge on any atom is 0.310 e. The van der Waals surface area contributed by atoms with E-state index in [9.17, 15) is 4.79 Å². The van der Waals surface area contributed by atoms with Crippen LogP contribution in [-0.4, -0.2) is 37.1 Å². The van der Waals surface area contributed by atoms with Crippen LogP contribution in [0.25, 0.3) is 0 Å². The molecule has 3 rings (SSSR count). The molecule has 0 aromatic heterocycles. The molecule has 4 atom stereocenters. The molecular weight excluding hydrogens is 377 g/mol. The van der Waals surface area contributed by atoms with Crippen molar-refractivity contribution in [2.24, 2.45) is 5.92 Å². The van der Waals surface area contributed by atoms with Crippen LogP contribution in [0.1, 0.15) is 36.3 Å². The number of aryl methyl sites for hydroxylation is 1. The zero-order valence-electron chi connectivity index (χ0n) is 12.8. The van der Waals surface area contributed by atoms with E-state index in [0.29, 0.717) is 18.0 Å². The third kappa shape index (κ3) is 2.61. The summed E-state index contributed by atoms with van der Waals surface area (Å²) in [5, 5.41) is 0. The lowest BCUT2D eigenvalue weighted by Crippen LogP contribution is -2.49. The van der Waals surface area contributed by atoms with E-state index in [-0.39, 0.29) is 11.9 Å². The number of esters is 1. The molecule has 2 heterocycles. The van der Waals surface area contributed by atoms with Crippen molar-refractivity contribution < 1.29 is 9.53 Å². The molecule has 4 unspecified atom stereocenters. The van der Waals surface area contributed by atoms with Crippen LogP contribution in [0.15, 0.2) is 18.2 Å². The summed E-state index contributed by atoms with van der Waals surface area (Å²) in [5.74, 6) is 0.213. The first-order chi connectivity index (χ1) is 10.0. The van der Waals surface area contributed by atoms with Crippen molar-refractivity contribution in [1.82, 2.24) is 4.90 Å². The summed E-state index contributed by atoms with van der Waals surface area (Å²) in [6.45, 7) is 2.13. The van der Waals surface area contributed by atoms with E-state index >= 15 is 0 Å². The minimum Gasteiger partial charge on any atom is -0.469 e. The van der Waals surface area contributed by atoms with Crippen LogP contribution >= 0.6 is 22.6 Å². The number of fused-ring (bicyclic) bond motifs is 2. The van der Waals surface area contributed by atoms with E-state index in [4.69, 9.17) is 4.74 Å². The lowest BCUT2D eigenvalue weighted by atomic mass is 9.76. The maximum atomic E-state index is 12.4. The zero-order valence-corrected chi connectivity index (χ0v) is 15.0. The van der Waals surface area contributed by atoms with E-state index in [1.165, 1.54) is 28.2 Å². The van der Waals surface area contributed by atoms with Crippen LogP contribution in [0.5, 0.6) is 0 Å². The molecule has 2 aliphatic heterocycles. The first-order valence-electron chi connectivity index (χ1n) is 7.58. The van der Waals surface area contributed by atoms with Gasteiger partial charge in [0, 0.05) is 21.6 Å². The highest BCUT2D eigenvalue weighted by molar-refractivity contribution is 14.1. The Morgan fingerprint density at radius 3 is 2.81 bits per heavy atom. The maximum absolute atomic E-state index is 12.4. The van der Waals surface area contributed by atoms with Gasteiger partial charge in [-0.15, -0.1) is 0 Å². The fourth-order valence-electron chi connectivity index (χ4n) is 4.11. The van der Waals surface area contributed by atoms with Crippen molar-refractivity contribution >= 4 is 28.6 Å². The Hall–Kier alpha value is -0.620. The molecule has 21 heavy (non-hydrogen) atoms. The standard InChI is InChI=1S/C17H22INO2/c1-10-4-5-11(8-14(10)18)13-9-12-6-7-15(19(12)2)16(13)17(20)21-3/h4-5,8,12-13,15-16H,6-7,9H2,1-3H3. The molecule has 1 aromatic carbocycles. The quantitative estimate of drug-likeness (QED) is 0.565. The molecule has 2 fully saturated rings. The third-order valence-electron chi connectivity index (χ3n) is 5.37. The van der Waals surface area contributed by atoms with Crippen molar-refractivity contribution in [1.29, 1.82) is 0 Å². The monoisotopic (exact) mass is 399 g/mol. The predicted octanol–water partition coefficient (Wildman–Crippen LogP) is 3.34. The van der Waals surface area contributed by atoms with Gasteiger partial charge in [0.15, 0.2) is 0 Å². The normalized spacial score (nSPS) is 32.2. The van der Waals surface area contributed by atoms with Gasteiger partial charge < -0.3 is 4.74 Å². The van der Waals surface area contributed by atoms with Gasteiger partial charge in [0.05, 0.1) is 13.0 Å². The third-order valence-corrected chi connectivity index (χ3v) is 6.53. The molecule has 0 saturated carbocycles. The molecule has 2 bridgehead atoms. The van der Waals surface area contributed by atoms with Crippen LogP contribution in [-0.2, 0) is 9.53 Å². The summed E-state index contributed by atoms with van der Waals surface area (Å²) in [5.41, 5.74) is 2.59. The Labute approximate surface area is 140 Å². The fourth-order valence-corrected chi connectivity index (χ4v) is 4.65. The number of hydrogen-bond donors (Lipinski definition) is 0. The molecule has 114 valence electrons. The SMILES string of the molecule is COC(=O)C1C(c2ccc(C)c(I)c2)CC2CCC1N2C. The molecule has 2 saturated heterocycles. The van der Waals surface area contributed by atoms with Crippen molar-refractivity contribution in [3.63, 3.8) is 0 Å². The van der Waals surface area contributed by atoms with Crippen LogP contribution in [0, 0.1) is 16.4 Å². The number of nitrogens with zero attached hydrogens (tertiary/aromatic N) is 1. The molecule has 0 spiro atoms. The van der Waals surface area contributed by atoms with E-state index in [2.05, 4.69) is 59.7 Å². The van der Waals surface area contributed by atoms with Gasteiger partial charge in [-0.3, -0.25) is 9.69 Å². The largest absolute Gasteiger partial charge is 0.469 e. The number of carbonyl (C=O) groups is 1. The van der Waals surface area contributed by atoms with Gasteiger partial charge in [-0.2, -0.15) is 0 Å². The second kappa shape index (κ2) is 5.88. The molecule has 3 nitrogen and oxygen atoms in total. The molecular formula is C17H22INO2. The van der Waals surface area contributed by atoms with Gasteiger partial charge in [-0.25, -0.2) is 0 Å². The summed E-state index contributed by atoms with van der Waals surface area (Å²) in [6.07, 6.45) is 3.38. The lowest BCUT2D eigenvalue weighted by molar-refractivity contribution is -0.150. The Morgan fingerprint density at radius 2 is 2.14 bits per heavy atom. The lowest BCUT2D eigenvalue weighted by Gasteiger charge is -2.41. The number of methoxy groups -OCH3 is 1. The van der Waals surface area contributed by atoms with Gasteiger partial charge in [0.1, 0.15) is 0 Å². The molecule has 1 aromatic rings. The molecule has 2 aliphatic rings. The number of piperidine rings is 1. The number of halogens is 1. The molecule has 0 radical (unpaired) electrons. The molecule has 4 heteroatoms. The smallest absolute Gasteiger partial charge is 0.310 e. The van der Waals surface area contributed by atoms with Crippen LogP contribution in [0.3, 0.4) is 0 Å². The number of hydrogen-bond acceptors (Lipinski definition) is 3. The Kier molecular flexibility index (Phi) is 4.28. The number of ether oxygens (including phenoxy) is 1. The minimum absolute atomic E-state index is 0.0303. The average molecular weight is 399 g/mol. The summed E-state index contributed by atoms with van der Waals surface area (Å²) < 4.78 is 6.40. The van der Waals surface area contributed by atoms with E-state index in [0.717, 1.165) is 12.8 Å². The highest BCUT2D eigenvalue weighted by Gasteiger charge is 2.49. The number of benzene rings is 1. The Bertz CT molecular complexity index is 560. The molecule has 0 N–H and O–H groups in total. The number of rotatable bonds is 2. The summed E-state index contributed by atoms with van der Waals surface area (Å²) in [7, 11) is 3.67. The first kappa shape index (κ1) is 15.3. The highest BCUT2D eigenvalue weighted by atomic mass is 127. The molecule has 0 aliphatic carbocycles. The summed E-state index contributed by atoms with van der Waals surface area (Å²) in [6, 6.07) is 7.57. The van der Waals surface area contributed by atoms with Gasteiger partial charge >= 0.3 is 5.97 Å². The molecule has 0 amide bonds. The van der Waals surface area contributed by atoms with Crippen LogP contribution < -0.4 is 0 Å². The highest BCUT2D eigenvalue weighted by Crippen LogP contribution is 2.46. The van der Waals surface area contributed by atoms with E-state index < -0.39 is 0 Å². The second-order valence-corrected chi connectivity index (χ2v) is 7.53. The van der Waals surface area contributed by atoms with Gasteiger partial charge in [-0.05, 0) is 73.0 Å². The minimum atomic E-state index is -0.0483. The zero-order chi connectivity index (χ0) is 15.1. The van der Waals surface area contributed by atoms with E-state index in [1.807, 2.05) is 0 Å². The van der Waals surface area contributed by atoms with Crippen molar-refractivity contribution in [2.75, 3.05) is 14.2 Å². The Balaban J connectivity index is 1.98. The van der Waals surface area contributed by atoms with Crippen molar-refractivity contribution in [2.45, 2.75) is 44.2 Å². The Morgan fingerprint density at radius 1 is 1.38 bits per heavy atom. The number of carbonyl (C=O) groups excluding carboxylic acids is 1. The topological polar surface area (TPSA) is 29.5 Å². The van der Waals surface area contributed by atoms with Crippen LogP contribution in [0.2, 0.25) is 0 Å². The van der Waals surface area contributed by atoms with Gasteiger partial charge in [0.25, 0.3) is 0 Å². The second-order valence-electron chi connectivity index (χ2n) is 6.36. The summed E-state index contributed by atoms with van der Waals surface area (Å²) >= 11 is 2.38. The van der Waals surface area contributed by atoms with Crippen molar-refractivity contribution in [3.8, 4) is 0 Å². The van der Waals surface area contributed by atoms with Crippen molar-refractivity contribution in [3.05, 3.63) is 32.9 Å². The predicted molar refractivity (Wildman–Crippen MR) is 91.3 cm³/mol. The average Bonchev–Trinajstić information content (AvgIpc) is 2.72. The van der Waals surface area contributed by atoms with E-state index in [1.54, 1.807) is 0 Å². The van der Waals surface area contributed by atoms with Gasteiger partial charge in [0.2, 0.25) is 0 Å². The van der Waals surface area contributed by atoms with Gasteiger partial charge in [-0.1, -0.05) is 12.1 Å². The fraction of sp³-hybridized carbons (Fsp3) is 0.588. The first-order valence-corrected chi connectivity index (χ1v) is 8.66. The summed E-state index contributed by atoms with van der Waals surface area (Å²) in [4.78, 5) is 14.8. The van der Waals surface area contributed by atoms with Crippen LogP contribution in [0.4, 0.5) is 0 Å².